The molecule has 2 aliphatic carbocycles. The number of benzene rings is 9. The minimum absolute atomic E-state index is 0.361. The molecule has 65 heavy (non-hydrogen) atoms. The summed E-state index contributed by atoms with van der Waals surface area (Å²) in [7, 11) is 0. The maximum Gasteiger partial charge on any atom is 0.0561 e. The number of fused-ring (bicyclic) bond motifs is 5. The highest BCUT2D eigenvalue weighted by molar-refractivity contribution is 6.10. The van der Waals surface area contributed by atoms with E-state index >= 15 is 0 Å². The number of aromatic nitrogens is 1. The lowest BCUT2D eigenvalue weighted by atomic mass is 9.78. The Balaban J connectivity index is 1.04. The molecule has 1 heterocycles. The average molecular weight is 839 g/mol. The lowest BCUT2D eigenvalue weighted by Gasteiger charge is -2.31. The molecular weight excluding hydrogens is 789 g/mol. The molecule has 9 aromatic carbocycles. The van der Waals surface area contributed by atoms with E-state index in [4.69, 9.17) is 0 Å². The molecule has 0 N–H and O–H groups in total. The summed E-state index contributed by atoms with van der Waals surface area (Å²) in [5, 5.41) is 2.46. The average Bonchev–Trinajstić information content (AvgIpc) is 4.09. The Morgan fingerprint density at radius 2 is 0.738 bits per heavy atom. The molecule has 12 rings (SSSR count). The van der Waals surface area contributed by atoms with Gasteiger partial charge in [-0.25, -0.2) is 0 Å². The number of anilines is 9. The van der Waals surface area contributed by atoms with Gasteiger partial charge in [-0.2, -0.15) is 0 Å². The van der Waals surface area contributed by atoms with Gasteiger partial charge in [-0.3, -0.25) is 0 Å². The summed E-state index contributed by atoms with van der Waals surface area (Å²) >= 11 is 0. The van der Waals surface area contributed by atoms with Gasteiger partial charge >= 0.3 is 0 Å². The Bertz CT molecular complexity index is 3200. The summed E-state index contributed by atoms with van der Waals surface area (Å²) in [6.45, 7) is 0. The summed E-state index contributed by atoms with van der Waals surface area (Å²) in [6, 6.07) is 86.2. The molecule has 2 fully saturated rings. The van der Waals surface area contributed by atoms with Gasteiger partial charge in [0, 0.05) is 67.6 Å². The third-order valence-corrected chi connectivity index (χ3v) is 14.1. The quantitative estimate of drug-likeness (QED) is 0.129. The predicted molar refractivity (Wildman–Crippen MR) is 273 cm³/mol. The summed E-state index contributed by atoms with van der Waals surface area (Å²) in [6.07, 6.45) is 6.75. The first-order valence-corrected chi connectivity index (χ1v) is 23.1. The Labute approximate surface area is 381 Å². The van der Waals surface area contributed by atoms with E-state index in [9.17, 15) is 0 Å². The van der Waals surface area contributed by atoms with Crippen LogP contribution in [0.15, 0.2) is 237 Å². The highest BCUT2D eigenvalue weighted by Crippen LogP contribution is 2.55. The van der Waals surface area contributed by atoms with Crippen molar-refractivity contribution >= 4 is 73.0 Å². The van der Waals surface area contributed by atoms with Gasteiger partial charge in [0.1, 0.15) is 0 Å². The second-order valence-corrected chi connectivity index (χ2v) is 17.9. The summed E-state index contributed by atoms with van der Waals surface area (Å²) in [4.78, 5) is 7.18. The van der Waals surface area contributed by atoms with E-state index in [1.54, 1.807) is 0 Å². The highest BCUT2D eigenvalue weighted by Gasteiger charge is 2.45. The van der Waals surface area contributed by atoms with Gasteiger partial charge in [0.05, 0.1) is 11.0 Å². The highest BCUT2D eigenvalue weighted by atomic mass is 15.2. The molecule has 0 unspecified atom stereocenters. The monoisotopic (exact) mass is 838 g/mol. The van der Waals surface area contributed by atoms with E-state index in [2.05, 4.69) is 256 Å². The maximum atomic E-state index is 2.43. The molecule has 0 saturated heterocycles. The molecule has 2 aliphatic rings. The van der Waals surface area contributed by atoms with Crippen molar-refractivity contribution in [3.8, 4) is 5.69 Å². The van der Waals surface area contributed by atoms with Crippen LogP contribution in [-0.2, 0) is 5.41 Å². The molecule has 0 radical (unpaired) electrons. The fourth-order valence-electron chi connectivity index (χ4n) is 11.1. The fourth-order valence-corrected chi connectivity index (χ4v) is 11.1. The van der Waals surface area contributed by atoms with Crippen LogP contribution in [0, 0.1) is 5.92 Å². The van der Waals surface area contributed by atoms with Crippen LogP contribution in [0.4, 0.5) is 51.2 Å². The Kier molecular flexibility index (Phi) is 9.79. The van der Waals surface area contributed by atoms with E-state index in [1.165, 1.54) is 54.0 Å². The van der Waals surface area contributed by atoms with Gasteiger partial charge in [0.25, 0.3) is 0 Å². The van der Waals surface area contributed by atoms with Crippen LogP contribution < -0.4 is 14.7 Å². The molecule has 0 amide bonds. The number of rotatable bonds is 11. The fraction of sp³-hybridized carbons (Fsp3) is 0.115. The predicted octanol–water partition coefficient (Wildman–Crippen LogP) is 17.0. The van der Waals surface area contributed by atoms with Gasteiger partial charge < -0.3 is 19.3 Å². The van der Waals surface area contributed by atoms with Crippen molar-refractivity contribution in [3.05, 3.63) is 242 Å². The Morgan fingerprint density at radius 1 is 0.338 bits per heavy atom. The SMILES string of the molecule is c1ccc(N(c2ccccc2)c2cccc(N(c3cccc(N(c4ccccc4)c4ccc(C56CCC(CC5)C6)cc4)c3)c3ccc4c5ccccc5n(-c5ccccc5)c4c3)c2)cc1. The smallest absolute Gasteiger partial charge is 0.0561 e. The number of hydrogen-bond donors (Lipinski definition) is 0. The number of nitrogens with zero attached hydrogens (tertiary/aromatic N) is 4. The molecule has 1 aromatic heterocycles. The molecule has 2 saturated carbocycles. The maximum absolute atomic E-state index is 2.43. The van der Waals surface area contributed by atoms with E-state index in [0.29, 0.717) is 5.41 Å². The largest absolute Gasteiger partial charge is 0.310 e. The lowest BCUT2D eigenvalue weighted by Crippen LogP contribution is -2.19. The minimum atomic E-state index is 0.361. The van der Waals surface area contributed by atoms with Crippen LogP contribution in [0.2, 0.25) is 0 Å². The number of para-hydroxylation sites is 5. The van der Waals surface area contributed by atoms with Crippen molar-refractivity contribution in [2.75, 3.05) is 14.7 Å². The van der Waals surface area contributed by atoms with Crippen molar-refractivity contribution in [2.45, 2.75) is 37.5 Å². The van der Waals surface area contributed by atoms with Crippen molar-refractivity contribution in [2.24, 2.45) is 5.92 Å². The lowest BCUT2D eigenvalue weighted by molar-refractivity contribution is 0.419. The van der Waals surface area contributed by atoms with E-state index in [-0.39, 0.29) is 0 Å². The normalized spacial score (nSPS) is 16.5. The van der Waals surface area contributed by atoms with Crippen LogP contribution in [-0.4, -0.2) is 4.57 Å². The topological polar surface area (TPSA) is 14.7 Å². The zero-order chi connectivity index (χ0) is 43.2. The van der Waals surface area contributed by atoms with Crippen LogP contribution in [0.25, 0.3) is 27.5 Å². The Morgan fingerprint density at radius 3 is 1.25 bits per heavy atom. The van der Waals surface area contributed by atoms with Crippen molar-refractivity contribution in [1.82, 2.24) is 4.57 Å². The van der Waals surface area contributed by atoms with Crippen LogP contribution in [0.1, 0.15) is 37.7 Å². The Hall–Kier alpha value is -7.82. The molecule has 2 bridgehead atoms. The second-order valence-electron chi connectivity index (χ2n) is 17.9. The number of hydrogen-bond acceptors (Lipinski definition) is 3. The van der Waals surface area contributed by atoms with Gasteiger partial charge in [-0.15, -0.1) is 0 Å². The van der Waals surface area contributed by atoms with Gasteiger partial charge in [-0.1, -0.05) is 121 Å². The van der Waals surface area contributed by atoms with E-state index in [0.717, 1.165) is 68.3 Å². The zero-order valence-electron chi connectivity index (χ0n) is 36.4. The molecular formula is C61H50N4. The summed E-state index contributed by atoms with van der Waals surface area (Å²) in [5.74, 6) is 0.907. The van der Waals surface area contributed by atoms with Gasteiger partial charge in [-0.05, 0) is 164 Å². The summed E-state index contributed by atoms with van der Waals surface area (Å²) < 4.78 is 2.41. The van der Waals surface area contributed by atoms with Crippen molar-refractivity contribution in [3.63, 3.8) is 0 Å². The van der Waals surface area contributed by atoms with E-state index < -0.39 is 0 Å². The molecule has 0 atom stereocenters. The summed E-state index contributed by atoms with van der Waals surface area (Å²) in [5.41, 5.74) is 15.2. The van der Waals surface area contributed by atoms with Crippen LogP contribution in [0.3, 0.4) is 0 Å². The first-order chi connectivity index (χ1) is 32.2. The third-order valence-electron chi connectivity index (χ3n) is 14.1. The van der Waals surface area contributed by atoms with E-state index in [1.807, 2.05) is 0 Å². The molecule has 4 nitrogen and oxygen atoms in total. The minimum Gasteiger partial charge on any atom is -0.310 e. The first kappa shape index (κ1) is 38.8. The zero-order valence-corrected chi connectivity index (χ0v) is 36.4. The molecule has 0 spiro atoms. The van der Waals surface area contributed by atoms with Crippen molar-refractivity contribution < 1.29 is 0 Å². The van der Waals surface area contributed by atoms with Crippen molar-refractivity contribution in [1.29, 1.82) is 0 Å². The second kappa shape index (κ2) is 16.4. The molecule has 10 aromatic rings. The molecule has 0 aliphatic heterocycles. The first-order valence-electron chi connectivity index (χ1n) is 23.1. The van der Waals surface area contributed by atoms with Crippen LogP contribution >= 0.6 is 0 Å². The van der Waals surface area contributed by atoms with Gasteiger partial charge in [0.15, 0.2) is 0 Å². The van der Waals surface area contributed by atoms with Crippen LogP contribution in [0.5, 0.6) is 0 Å². The molecule has 4 heteroatoms. The third kappa shape index (κ3) is 7.03. The van der Waals surface area contributed by atoms with Gasteiger partial charge in [0.2, 0.25) is 0 Å². The molecule has 314 valence electrons. The standard InChI is InChI=1S/C61H50N4/c1-5-17-47(18-6-1)62(48-19-7-2-8-20-48)52-25-15-27-54(41-52)64(56-35-36-58-57-29-13-14-30-59(57)65(60(58)43-56)50-23-11-4-12-24-50)55-28-16-26-53(42-55)63(49-21-9-3-10-22-49)51-33-31-46(32-34-51)61-39-37-45(44-61)38-40-61/h1-36,41-43,45H,37-40,44H2.